The molecule has 2 aromatic rings. The van der Waals surface area contributed by atoms with E-state index in [9.17, 15) is 14.4 Å². The van der Waals surface area contributed by atoms with Gasteiger partial charge in [0.1, 0.15) is 11.9 Å². The van der Waals surface area contributed by atoms with Crippen molar-refractivity contribution >= 4 is 18.2 Å². The second kappa shape index (κ2) is 9.28. The summed E-state index contributed by atoms with van der Waals surface area (Å²) < 4.78 is 5.29. The molecule has 1 atom stereocenters. The summed E-state index contributed by atoms with van der Waals surface area (Å²) in [6.45, 7) is 5.19. The van der Waals surface area contributed by atoms with Gasteiger partial charge < -0.3 is 9.57 Å². The van der Waals surface area contributed by atoms with Crippen LogP contribution in [-0.2, 0) is 25.6 Å². The van der Waals surface area contributed by atoms with Gasteiger partial charge in [0, 0.05) is 5.56 Å². The Hall–Kier alpha value is -2.99. The number of nitrogens with two attached hydrogens (primary N) is 1. The quantitative estimate of drug-likeness (QED) is 0.340. The monoisotopic (exact) mass is 383 g/mol. The number of aldehydes is 1. The Morgan fingerprint density at radius 2 is 1.71 bits per heavy atom. The van der Waals surface area contributed by atoms with Crippen molar-refractivity contribution in [2.45, 2.75) is 39.2 Å². The predicted octanol–water partition coefficient (Wildman–Crippen LogP) is 3.47. The minimum Gasteiger partial charge on any atom is -0.459 e. The molecule has 2 rings (SSSR count). The Morgan fingerprint density at radius 1 is 1.04 bits per heavy atom. The van der Waals surface area contributed by atoms with Crippen molar-refractivity contribution in [2.75, 3.05) is 0 Å². The van der Waals surface area contributed by atoms with E-state index >= 15 is 0 Å². The van der Waals surface area contributed by atoms with Crippen molar-refractivity contribution < 1.29 is 24.0 Å². The van der Waals surface area contributed by atoms with E-state index in [4.69, 9.17) is 10.6 Å². The molecule has 0 aromatic heterocycles. The molecule has 0 saturated heterocycles. The summed E-state index contributed by atoms with van der Waals surface area (Å²) in [5.74, 6) is 2.44. The molecule has 2 aromatic carbocycles. The van der Waals surface area contributed by atoms with E-state index < -0.39 is 23.5 Å². The maximum Gasteiger partial charge on any atom is 0.338 e. The molecule has 0 radical (unpaired) electrons. The van der Waals surface area contributed by atoms with Crippen LogP contribution in [0.3, 0.4) is 0 Å². The number of benzene rings is 2. The van der Waals surface area contributed by atoms with Gasteiger partial charge >= 0.3 is 11.9 Å². The van der Waals surface area contributed by atoms with Crippen molar-refractivity contribution in [3.63, 3.8) is 0 Å². The first-order valence-corrected chi connectivity index (χ1v) is 9.01. The largest absolute Gasteiger partial charge is 0.459 e. The van der Waals surface area contributed by atoms with E-state index in [0.29, 0.717) is 12.0 Å². The number of hydrogen-bond donors (Lipinski definition) is 1. The van der Waals surface area contributed by atoms with Crippen LogP contribution < -0.4 is 5.90 Å². The van der Waals surface area contributed by atoms with Crippen molar-refractivity contribution in [3.8, 4) is 11.1 Å². The Labute approximate surface area is 164 Å². The minimum atomic E-state index is -1.08. The van der Waals surface area contributed by atoms with Crippen LogP contribution in [0.5, 0.6) is 0 Å². The molecule has 0 saturated carbocycles. The fourth-order valence-electron chi connectivity index (χ4n) is 2.75. The van der Waals surface area contributed by atoms with Crippen LogP contribution in [-0.4, -0.2) is 23.8 Å². The second-order valence-electron chi connectivity index (χ2n) is 7.50. The summed E-state index contributed by atoms with van der Waals surface area (Å²) in [4.78, 5) is 39.4. The molecule has 0 spiro atoms. The molecular formula is C22H25NO5. The van der Waals surface area contributed by atoms with Gasteiger partial charge in [0.2, 0.25) is 0 Å². The Kier molecular flexibility index (Phi) is 7.06. The average molecular weight is 383 g/mol. The number of rotatable bonds is 7. The number of hydrogen-bond acceptors (Lipinski definition) is 6. The predicted molar refractivity (Wildman–Crippen MR) is 105 cm³/mol. The van der Waals surface area contributed by atoms with Crippen LogP contribution >= 0.6 is 0 Å². The molecule has 28 heavy (non-hydrogen) atoms. The molecule has 6 heteroatoms. The fraction of sp³-hybridized carbons (Fsp3) is 0.318. The van der Waals surface area contributed by atoms with E-state index in [1.54, 1.807) is 26.8 Å². The molecule has 0 aliphatic heterocycles. The molecule has 0 unspecified atom stereocenters. The molecule has 0 fully saturated rings. The molecule has 0 amide bonds. The maximum atomic E-state index is 12.3. The van der Waals surface area contributed by atoms with Gasteiger partial charge in [-0.25, -0.2) is 4.79 Å². The van der Waals surface area contributed by atoms with E-state index in [-0.39, 0.29) is 6.42 Å². The highest BCUT2D eigenvalue weighted by Gasteiger charge is 2.32. The number of carbonyl (C=O) groups is 3. The van der Waals surface area contributed by atoms with Gasteiger partial charge in [-0.3, -0.25) is 9.59 Å². The summed E-state index contributed by atoms with van der Waals surface area (Å²) >= 11 is 0. The lowest BCUT2D eigenvalue weighted by atomic mass is 9.97. The van der Waals surface area contributed by atoms with E-state index in [2.05, 4.69) is 4.84 Å². The topological polar surface area (TPSA) is 95.7 Å². The normalized spacial score (nSPS) is 12.1. The Bertz CT molecular complexity index is 837. The number of esters is 1. The van der Waals surface area contributed by atoms with Crippen LogP contribution in [0.2, 0.25) is 0 Å². The zero-order valence-corrected chi connectivity index (χ0v) is 16.3. The first-order valence-electron chi connectivity index (χ1n) is 9.01. The zero-order chi connectivity index (χ0) is 20.7. The van der Waals surface area contributed by atoms with Gasteiger partial charge in [-0.2, -0.15) is 5.90 Å². The highest BCUT2D eigenvalue weighted by atomic mass is 16.7. The van der Waals surface area contributed by atoms with Gasteiger partial charge in [-0.15, -0.1) is 0 Å². The van der Waals surface area contributed by atoms with Crippen molar-refractivity contribution in [1.82, 2.24) is 0 Å². The smallest absolute Gasteiger partial charge is 0.338 e. The van der Waals surface area contributed by atoms with E-state index in [1.165, 1.54) is 0 Å². The molecule has 0 bridgehead atoms. The van der Waals surface area contributed by atoms with E-state index in [1.807, 2.05) is 42.5 Å². The third kappa shape index (κ3) is 6.03. The molecule has 2 N–H and O–H groups in total. The summed E-state index contributed by atoms with van der Waals surface area (Å²) in [6, 6.07) is 15.0. The van der Waals surface area contributed by atoms with Crippen LogP contribution in [0.25, 0.3) is 11.1 Å². The third-order valence-electron chi connectivity index (χ3n) is 4.12. The van der Waals surface area contributed by atoms with Crippen molar-refractivity contribution in [2.24, 2.45) is 11.8 Å². The Balaban J connectivity index is 2.08. The van der Waals surface area contributed by atoms with Gasteiger partial charge in [-0.1, -0.05) is 42.5 Å². The van der Waals surface area contributed by atoms with E-state index in [0.717, 1.165) is 23.0 Å². The first-order chi connectivity index (χ1) is 13.2. The summed E-state index contributed by atoms with van der Waals surface area (Å²) in [7, 11) is 0. The van der Waals surface area contributed by atoms with Crippen molar-refractivity contribution in [3.05, 3.63) is 59.7 Å². The fourth-order valence-corrected chi connectivity index (χ4v) is 2.75. The highest BCUT2D eigenvalue weighted by molar-refractivity contribution is 5.94. The van der Waals surface area contributed by atoms with Crippen LogP contribution in [0.15, 0.2) is 48.5 Å². The standard InChI is InChI=1S/C22H25NO5/c1-22(2,3)27-20(25)19(21(26)28-23)12-9-15-7-10-17(11-8-15)18-6-4-5-16(13-18)14-24/h4-8,10-11,13-14,19H,9,12,23H2,1-3H3/t19-/m1/s1. The highest BCUT2D eigenvalue weighted by Crippen LogP contribution is 2.22. The van der Waals surface area contributed by atoms with Gasteiger partial charge in [-0.05, 0) is 56.4 Å². The second-order valence-corrected chi connectivity index (χ2v) is 7.50. The summed E-state index contributed by atoms with van der Waals surface area (Å²) in [5, 5.41) is 0. The number of carbonyl (C=O) groups excluding carboxylic acids is 3. The lowest BCUT2D eigenvalue weighted by molar-refractivity contribution is -0.169. The van der Waals surface area contributed by atoms with Gasteiger partial charge in [0.05, 0.1) is 0 Å². The van der Waals surface area contributed by atoms with Gasteiger partial charge in [0.25, 0.3) is 0 Å². The molecule has 148 valence electrons. The lowest BCUT2D eigenvalue weighted by Gasteiger charge is -2.22. The average Bonchev–Trinajstić information content (AvgIpc) is 2.67. The maximum absolute atomic E-state index is 12.3. The summed E-state index contributed by atoms with van der Waals surface area (Å²) in [5.41, 5.74) is 2.77. The van der Waals surface area contributed by atoms with Crippen LogP contribution in [0.1, 0.15) is 43.1 Å². The van der Waals surface area contributed by atoms with Crippen molar-refractivity contribution in [1.29, 1.82) is 0 Å². The SMILES string of the molecule is CC(C)(C)OC(=O)[C@@H](CCc1ccc(-c2cccc(C=O)c2)cc1)C(=O)ON. The van der Waals surface area contributed by atoms with Crippen LogP contribution in [0, 0.1) is 5.92 Å². The molecular weight excluding hydrogens is 358 g/mol. The third-order valence-corrected chi connectivity index (χ3v) is 4.12. The Morgan fingerprint density at radius 3 is 2.29 bits per heavy atom. The number of aryl methyl sites for hydroxylation is 1. The first kappa shape index (κ1) is 21.3. The molecule has 6 nitrogen and oxygen atoms in total. The zero-order valence-electron chi connectivity index (χ0n) is 16.3. The summed E-state index contributed by atoms with van der Waals surface area (Å²) in [6.07, 6.45) is 1.52. The van der Waals surface area contributed by atoms with Gasteiger partial charge in [0.15, 0.2) is 5.92 Å². The minimum absolute atomic E-state index is 0.227. The molecule has 0 aliphatic rings. The number of ether oxygens (including phenoxy) is 1. The lowest BCUT2D eigenvalue weighted by Crippen LogP contribution is -2.35. The van der Waals surface area contributed by atoms with Crippen LogP contribution in [0.4, 0.5) is 0 Å². The molecule has 0 heterocycles. The molecule has 0 aliphatic carbocycles.